The Morgan fingerprint density at radius 3 is 2.24 bits per heavy atom. The lowest BCUT2D eigenvalue weighted by Gasteiger charge is -2.11. The second kappa shape index (κ2) is 11.1. The number of nitrogens with one attached hydrogen (secondary N) is 1. The van der Waals surface area contributed by atoms with Crippen LogP contribution in [0.5, 0.6) is 11.5 Å². The summed E-state index contributed by atoms with van der Waals surface area (Å²) in [6.45, 7) is 4.36. The van der Waals surface area contributed by atoms with Crippen LogP contribution in [0.15, 0.2) is 47.6 Å². The molecule has 14 nitrogen and oxygen atoms in total. The number of methoxy groups -OCH3 is 1. The summed E-state index contributed by atoms with van der Waals surface area (Å²) >= 11 is 0. The molecule has 1 aromatic heterocycles. The zero-order valence-corrected chi connectivity index (χ0v) is 20.3. The third-order valence-electron chi connectivity index (χ3n) is 5.27. The number of carbonyl (C=O) groups is 2. The van der Waals surface area contributed by atoms with Crippen LogP contribution < -0.4 is 14.9 Å². The topological polar surface area (TPSA) is 181 Å². The number of ether oxygens (including phenoxy) is 2. The molecule has 0 saturated carbocycles. The molecule has 3 rings (SSSR count). The number of amides is 1. The summed E-state index contributed by atoms with van der Waals surface area (Å²) in [5, 5.41) is 30.0. The number of rotatable bonds is 9. The van der Waals surface area contributed by atoms with Crippen LogP contribution >= 0.6 is 0 Å². The zero-order chi connectivity index (χ0) is 27.3. The fraction of sp³-hybridized carbons (Fsp3) is 0.217. The Hall–Kier alpha value is -5.14. The van der Waals surface area contributed by atoms with Gasteiger partial charge in [0.2, 0.25) is 0 Å². The summed E-state index contributed by atoms with van der Waals surface area (Å²) in [5.74, 6) is -0.954. The van der Waals surface area contributed by atoms with Crippen molar-refractivity contribution in [1.29, 1.82) is 0 Å². The van der Waals surface area contributed by atoms with Gasteiger partial charge >= 0.3 is 11.7 Å². The number of hydrazone groups is 1. The van der Waals surface area contributed by atoms with Crippen molar-refractivity contribution in [1.82, 2.24) is 15.2 Å². The number of nitro benzene ring substituents is 1. The zero-order valence-electron chi connectivity index (χ0n) is 20.3. The second-order valence-corrected chi connectivity index (χ2v) is 7.73. The molecule has 1 N–H and O–H groups in total. The summed E-state index contributed by atoms with van der Waals surface area (Å²) in [6, 6.07) is 9.58. The van der Waals surface area contributed by atoms with Gasteiger partial charge in [-0.1, -0.05) is 0 Å². The summed E-state index contributed by atoms with van der Waals surface area (Å²) < 4.78 is 11.9. The van der Waals surface area contributed by atoms with Gasteiger partial charge < -0.3 is 9.47 Å². The van der Waals surface area contributed by atoms with Crippen LogP contribution in [0, 0.1) is 34.1 Å². The predicted octanol–water partition coefficient (Wildman–Crippen LogP) is 3.08. The predicted molar refractivity (Wildman–Crippen MR) is 130 cm³/mol. The number of non-ortho nitro benzene ring substituents is 1. The van der Waals surface area contributed by atoms with Crippen LogP contribution in [0.2, 0.25) is 0 Å². The monoisotopic (exact) mass is 510 g/mol. The molecule has 0 unspecified atom stereocenters. The maximum absolute atomic E-state index is 12.4. The molecule has 0 radical (unpaired) electrons. The Kier molecular flexibility index (Phi) is 7.92. The number of nitrogens with zero attached hydrogens (tertiary/aromatic N) is 5. The average molecular weight is 510 g/mol. The lowest BCUT2D eigenvalue weighted by atomic mass is 10.1. The van der Waals surface area contributed by atoms with Gasteiger partial charge in [0.25, 0.3) is 11.6 Å². The van der Waals surface area contributed by atoms with E-state index in [0.29, 0.717) is 11.3 Å². The first-order chi connectivity index (χ1) is 17.5. The van der Waals surface area contributed by atoms with Crippen molar-refractivity contribution in [3.63, 3.8) is 0 Å². The van der Waals surface area contributed by atoms with Crippen molar-refractivity contribution < 1.29 is 28.9 Å². The summed E-state index contributed by atoms with van der Waals surface area (Å²) in [6.07, 6.45) is 0. The molecule has 0 bridgehead atoms. The standard InChI is InChI=1S/C23H22N6O8/c1-13(24-25-21(30)12-27-15(3)22(29(34)35)14(2)26-27)17-7-10-19(20(11-17)36-4)37-23(31)16-5-8-18(9-6-16)28(32)33/h5-11H,12H2,1-4H3,(H,25,30)/b24-13+. The van der Waals surface area contributed by atoms with Crippen LogP contribution in [0.1, 0.15) is 34.2 Å². The molecule has 0 aliphatic carbocycles. The Balaban J connectivity index is 1.69. The number of aromatic nitrogens is 2. The first kappa shape index (κ1) is 26.5. The van der Waals surface area contributed by atoms with Crippen LogP contribution in [0.4, 0.5) is 11.4 Å². The molecule has 1 heterocycles. The minimum atomic E-state index is -0.733. The maximum Gasteiger partial charge on any atom is 0.343 e. The molecular weight excluding hydrogens is 488 g/mol. The molecule has 0 saturated heterocycles. The highest BCUT2D eigenvalue weighted by molar-refractivity contribution is 6.00. The van der Waals surface area contributed by atoms with E-state index in [9.17, 15) is 29.8 Å². The van der Waals surface area contributed by atoms with Crippen molar-refractivity contribution in [2.75, 3.05) is 7.11 Å². The normalized spacial score (nSPS) is 11.1. The molecule has 1 amide bonds. The third-order valence-corrected chi connectivity index (χ3v) is 5.27. The van der Waals surface area contributed by atoms with Crippen LogP contribution in [-0.4, -0.2) is 44.3 Å². The molecule has 14 heteroatoms. The van der Waals surface area contributed by atoms with Gasteiger partial charge in [0, 0.05) is 17.7 Å². The lowest BCUT2D eigenvalue weighted by molar-refractivity contribution is -0.386. The Bertz CT molecular complexity index is 1410. The van der Waals surface area contributed by atoms with Crippen molar-refractivity contribution >= 4 is 29.0 Å². The smallest absolute Gasteiger partial charge is 0.343 e. The highest BCUT2D eigenvalue weighted by Crippen LogP contribution is 2.29. The summed E-state index contributed by atoms with van der Waals surface area (Å²) in [4.78, 5) is 45.5. The number of carbonyl (C=O) groups excluding carboxylic acids is 2. The minimum Gasteiger partial charge on any atom is -0.493 e. The van der Waals surface area contributed by atoms with Crippen LogP contribution in [0.25, 0.3) is 0 Å². The van der Waals surface area contributed by atoms with Crippen LogP contribution in [0.3, 0.4) is 0 Å². The van der Waals surface area contributed by atoms with E-state index in [0.717, 1.165) is 0 Å². The molecule has 37 heavy (non-hydrogen) atoms. The quantitative estimate of drug-likeness (QED) is 0.149. The first-order valence-electron chi connectivity index (χ1n) is 10.7. The Morgan fingerprint density at radius 1 is 1.03 bits per heavy atom. The number of benzene rings is 2. The molecule has 3 aromatic rings. The van der Waals surface area contributed by atoms with Gasteiger partial charge in [-0.2, -0.15) is 10.2 Å². The number of hydrogen-bond acceptors (Lipinski definition) is 10. The Labute approximate surface area is 209 Å². The Morgan fingerprint density at radius 2 is 1.68 bits per heavy atom. The number of esters is 1. The van der Waals surface area contributed by atoms with Crippen molar-refractivity contribution in [3.05, 3.63) is 85.2 Å². The number of nitro groups is 2. The largest absolute Gasteiger partial charge is 0.493 e. The minimum absolute atomic E-state index is 0.109. The third kappa shape index (κ3) is 6.11. The van der Waals surface area contributed by atoms with E-state index in [4.69, 9.17) is 9.47 Å². The summed E-state index contributed by atoms with van der Waals surface area (Å²) in [5.41, 5.74) is 3.60. The van der Waals surface area contributed by atoms with E-state index in [1.807, 2.05) is 0 Å². The van der Waals surface area contributed by atoms with Gasteiger partial charge in [-0.25, -0.2) is 10.2 Å². The maximum atomic E-state index is 12.4. The molecule has 0 atom stereocenters. The first-order valence-corrected chi connectivity index (χ1v) is 10.7. The van der Waals surface area contributed by atoms with Crippen molar-refractivity contribution in [2.45, 2.75) is 27.3 Å². The van der Waals surface area contributed by atoms with E-state index in [1.165, 1.54) is 56.0 Å². The molecule has 0 aliphatic heterocycles. The molecular formula is C23H22N6O8. The molecule has 2 aromatic carbocycles. The number of aryl methyl sites for hydroxylation is 1. The van der Waals surface area contributed by atoms with Gasteiger partial charge in [-0.3, -0.25) is 29.7 Å². The van der Waals surface area contributed by atoms with Gasteiger partial charge in [0.1, 0.15) is 17.9 Å². The van der Waals surface area contributed by atoms with Gasteiger partial charge in [0.15, 0.2) is 11.5 Å². The summed E-state index contributed by atoms with van der Waals surface area (Å²) in [7, 11) is 1.38. The average Bonchev–Trinajstić information content (AvgIpc) is 3.15. The van der Waals surface area contributed by atoms with Crippen molar-refractivity contribution in [2.24, 2.45) is 5.10 Å². The van der Waals surface area contributed by atoms with E-state index in [1.54, 1.807) is 19.1 Å². The fourth-order valence-electron chi connectivity index (χ4n) is 3.34. The van der Waals surface area contributed by atoms with Gasteiger partial charge in [-0.05, 0) is 51.1 Å². The molecule has 0 spiro atoms. The lowest BCUT2D eigenvalue weighted by Crippen LogP contribution is -2.25. The second-order valence-electron chi connectivity index (χ2n) is 7.73. The molecule has 0 aliphatic rings. The van der Waals surface area contributed by atoms with E-state index < -0.39 is 21.7 Å². The van der Waals surface area contributed by atoms with Gasteiger partial charge in [-0.15, -0.1) is 0 Å². The van der Waals surface area contributed by atoms with E-state index in [-0.39, 0.29) is 46.4 Å². The fourth-order valence-corrected chi connectivity index (χ4v) is 3.34. The SMILES string of the molecule is COc1cc(/C(C)=N/NC(=O)Cn2nc(C)c([N+](=O)[O-])c2C)ccc1OC(=O)c1ccc([N+](=O)[O-])cc1. The number of hydrogen-bond donors (Lipinski definition) is 1. The molecule has 192 valence electrons. The van der Waals surface area contributed by atoms with E-state index >= 15 is 0 Å². The highest BCUT2D eigenvalue weighted by atomic mass is 16.6. The van der Waals surface area contributed by atoms with E-state index in [2.05, 4.69) is 15.6 Å². The van der Waals surface area contributed by atoms with Gasteiger partial charge in [0.05, 0.1) is 28.2 Å². The molecule has 0 fully saturated rings. The highest BCUT2D eigenvalue weighted by Gasteiger charge is 2.22. The van der Waals surface area contributed by atoms with Crippen LogP contribution in [-0.2, 0) is 11.3 Å². The van der Waals surface area contributed by atoms with Crippen molar-refractivity contribution in [3.8, 4) is 11.5 Å².